The molecule has 0 aliphatic carbocycles. The highest BCUT2D eigenvalue weighted by Gasteiger charge is 2.25. The highest BCUT2D eigenvalue weighted by molar-refractivity contribution is 5.26. The van der Waals surface area contributed by atoms with Crippen molar-refractivity contribution in [1.29, 1.82) is 0 Å². The summed E-state index contributed by atoms with van der Waals surface area (Å²) in [7, 11) is 2.04. The fourth-order valence-electron chi connectivity index (χ4n) is 3.83. The number of likely N-dealkylation sites (tertiary alicyclic amines) is 1. The number of hydrogen-bond donors (Lipinski definition) is 0. The lowest BCUT2D eigenvalue weighted by Crippen LogP contribution is -2.33. The lowest BCUT2D eigenvalue weighted by molar-refractivity contribution is 0.200. The molecule has 1 aromatic carbocycles. The van der Waals surface area contributed by atoms with E-state index >= 15 is 0 Å². The van der Waals surface area contributed by atoms with E-state index < -0.39 is 0 Å². The van der Waals surface area contributed by atoms with Gasteiger partial charge in [0, 0.05) is 31.9 Å². The minimum Gasteiger partial charge on any atom is -0.316 e. The fraction of sp³-hybridized carbons (Fsp3) is 0.450. The predicted octanol–water partition coefficient (Wildman–Crippen LogP) is 2.89. The van der Waals surface area contributed by atoms with Gasteiger partial charge in [-0.2, -0.15) is 5.10 Å². The molecule has 142 valence electrons. The second-order valence-corrected chi connectivity index (χ2v) is 7.36. The first-order valence-electron chi connectivity index (χ1n) is 9.43. The van der Waals surface area contributed by atoms with Crippen LogP contribution in [0.1, 0.15) is 41.5 Å². The van der Waals surface area contributed by atoms with Crippen LogP contribution in [0, 0.1) is 12.7 Å². The van der Waals surface area contributed by atoms with E-state index in [1.54, 1.807) is 18.3 Å². The van der Waals surface area contributed by atoms with Crippen molar-refractivity contribution >= 4 is 0 Å². The number of rotatable bonds is 5. The van der Waals surface area contributed by atoms with Crippen LogP contribution in [-0.2, 0) is 20.1 Å². The zero-order chi connectivity index (χ0) is 18.8. The molecule has 6 nitrogen and oxygen atoms in total. The number of aromatic nitrogens is 5. The first-order valence-corrected chi connectivity index (χ1v) is 9.43. The van der Waals surface area contributed by atoms with Gasteiger partial charge in [0.25, 0.3) is 0 Å². The molecule has 0 saturated carbocycles. The summed E-state index contributed by atoms with van der Waals surface area (Å²) >= 11 is 0. The maximum Gasteiger partial charge on any atom is 0.154 e. The quantitative estimate of drug-likeness (QED) is 0.695. The first kappa shape index (κ1) is 17.9. The topological polar surface area (TPSA) is 51.8 Å². The van der Waals surface area contributed by atoms with Gasteiger partial charge in [0.15, 0.2) is 5.82 Å². The summed E-state index contributed by atoms with van der Waals surface area (Å²) in [6.07, 6.45) is 5.84. The summed E-state index contributed by atoms with van der Waals surface area (Å²) in [4.78, 5) is 2.44. The molecule has 2 aromatic heterocycles. The molecule has 0 amide bonds. The Labute approximate surface area is 158 Å². The number of benzene rings is 1. The van der Waals surface area contributed by atoms with Gasteiger partial charge in [0.05, 0.1) is 0 Å². The van der Waals surface area contributed by atoms with Gasteiger partial charge in [-0.1, -0.05) is 6.07 Å². The average Bonchev–Trinajstić information content (AvgIpc) is 3.29. The Morgan fingerprint density at radius 1 is 1.15 bits per heavy atom. The maximum absolute atomic E-state index is 13.3. The third-order valence-corrected chi connectivity index (χ3v) is 5.51. The van der Waals surface area contributed by atoms with Gasteiger partial charge in [-0.3, -0.25) is 9.58 Å². The second kappa shape index (κ2) is 7.60. The summed E-state index contributed by atoms with van der Waals surface area (Å²) in [6, 6.07) is 6.98. The number of hydrogen-bond acceptors (Lipinski definition) is 4. The van der Waals surface area contributed by atoms with Gasteiger partial charge in [-0.15, -0.1) is 10.2 Å². The van der Waals surface area contributed by atoms with Crippen molar-refractivity contribution in [3.05, 3.63) is 65.3 Å². The standard InChI is InChI=1S/C20H25FN6/c1-15-12-18(21)5-4-17(15)13-26-10-6-16(7-11-26)20-24-23-19(25(20)2)14-27-9-3-8-22-27/h3-5,8-9,12,16H,6-7,10-11,13-14H2,1-2H3. The third-order valence-electron chi connectivity index (χ3n) is 5.51. The van der Waals surface area contributed by atoms with E-state index in [0.717, 1.165) is 49.7 Å². The Balaban J connectivity index is 1.37. The molecule has 1 aliphatic heterocycles. The molecule has 0 N–H and O–H groups in total. The van der Waals surface area contributed by atoms with Gasteiger partial charge >= 0.3 is 0 Å². The van der Waals surface area contributed by atoms with E-state index in [-0.39, 0.29) is 5.82 Å². The van der Waals surface area contributed by atoms with Crippen LogP contribution in [0.25, 0.3) is 0 Å². The largest absolute Gasteiger partial charge is 0.316 e. The van der Waals surface area contributed by atoms with Crippen molar-refractivity contribution in [3.8, 4) is 0 Å². The third kappa shape index (κ3) is 3.93. The van der Waals surface area contributed by atoms with E-state index in [9.17, 15) is 4.39 Å². The number of halogens is 1. The molecule has 1 saturated heterocycles. The highest BCUT2D eigenvalue weighted by atomic mass is 19.1. The van der Waals surface area contributed by atoms with Crippen LogP contribution in [0.15, 0.2) is 36.7 Å². The molecular formula is C20H25FN6. The lowest BCUT2D eigenvalue weighted by Gasteiger charge is -2.31. The van der Waals surface area contributed by atoms with Gasteiger partial charge in [-0.25, -0.2) is 4.39 Å². The molecule has 3 heterocycles. The second-order valence-electron chi connectivity index (χ2n) is 7.36. The van der Waals surface area contributed by atoms with E-state index in [1.807, 2.05) is 37.0 Å². The van der Waals surface area contributed by atoms with E-state index in [1.165, 1.54) is 5.56 Å². The SMILES string of the molecule is Cc1cc(F)ccc1CN1CCC(c2nnc(Cn3cccn3)n2C)CC1. The van der Waals surface area contributed by atoms with Crippen molar-refractivity contribution < 1.29 is 4.39 Å². The van der Waals surface area contributed by atoms with Gasteiger partial charge in [0.1, 0.15) is 18.2 Å². The first-order chi connectivity index (χ1) is 13.1. The Morgan fingerprint density at radius 3 is 2.67 bits per heavy atom. The molecule has 0 spiro atoms. The molecular weight excluding hydrogens is 343 g/mol. The highest BCUT2D eigenvalue weighted by Crippen LogP contribution is 2.28. The molecule has 1 fully saturated rings. The zero-order valence-electron chi connectivity index (χ0n) is 15.8. The number of piperidine rings is 1. The van der Waals surface area contributed by atoms with E-state index in [4.69, 9.17) is 0 Å². The Kier molecular flexibility index (Phi) is 5.03. The molecule has 3 aromatic rings. The van der Waals surface area contributed by atoms with Gasteiger partial charge in [0.2, 0.25) is 0 Å². The molecule has 7 heteroatoms. The Morgan fingerprint density at radius 2 is 1.96 bits per heavy atom. The summed E-state index contributed by atoms with van der Waals surface area (Å²) in [6.45, 7) is 5.53. The number of nitrogens with zero attached hydrogens (tertiary/aromatic N) is 6. The van der Waals surface area contributed by atoms with Gasteiger partial charge < -0.3 is 4.57 Å². The van der Waals surface area contributed by atoms with Crippen LogP contribution in [0.5, 0.6) is 0 Å². The van der Waals surface area contributed by atoms with Crippen LogP contribution in [-0.4, -0.2) is 42.5 Å². The normalized spacial score (nSPS) is 16.1. The summed E-state index contributed by atoms with van der Waals surface area (Å²) in [5.41, 5.74) is 2.23. The Bertz CT molecular complexity index is 893. The molecule has 0 bridgehead atoms. The molecule has 0 radical (unpaired) electrons. The molecule has 0 unspecified atom stereocenters. The van der Waals surface area contributed by atoms with Crippen molar-refractivity contribution in [1.82, 2.24) is 29.4 Å². The lowest BCUT2D eigenvalue weighted by atomic mass is 9.95. The minimum absolute atomic E-state index is 0.164. The zero-order valence-corrected chi connectivity index (χ0v) is 15.8. The van der Waals surface area contributed by atoms with Gasteiger partial charge in [-0.05, 0) is 62.2 Å². The predicted molar refractivity (Wildman–Crippen MR) is 101 cm³/mol. The van der Waals surface area contributed by atoms with E-state index in [2.05, 4.69) is 24.8 Å². The summed E-state index contributed by atoms with van der Waals surface area (Å²) < 4.78 is 17.3. The van der Waals surface area contributed by atoms with Crippen molar-refractivity contribution in [2.45, 2.75) is 38.8 Å². The average molecular weight is 368 g/mol. The van der Waals surface area contributed by atoms with Crippen LogP contribution in [0.2, 0.25) is 0 Å². The van der Waals surface area contributed by atoms with Crippen LogP contribution < -0.4 is 0 Å². The minimum atomic E-state index is -0.164. The van der Waals surface area contributed by atoms with Crippen LogP contribution in [0.3, 0.4) is 0 Å². The van der Waals surface area contributed by atoms with Crippen molar-refractivity contribution in [2.24, 2.45) is 7.05 Å². The van der Waals surface area contributed by atoms with Crippen molar-refractivity contribution in [2.75, 3.05) is 13.1 Å². The summed E-state index contributed by atoms with van der Waals surface area (Å²) in [5.74, 6) is 2.26. The Hall–Kier alpha value is -2.54. The molecule has 27 heavy (non-hydrogen) atoms. The molecule has 1 aliphatic rings. The molecule has 4 rings (SSSR count). The molecule has 0 atom stereocenters. The fourth-order valence-corrected chi connectivity index (χ4v) is 3.83. The monoisotopic (exact) mass is 368 g/mol. The summed E-state index contributed by atoms with van der Waals surface area (Å²) in [5, 5.41) is 13.1. The van der Waals surface area contributed by atoms with E-state index in [0.29, 0.717) is 12.5 Å². The number of aryl methyl sites for hydroxylation is 1. The smallest absolute Gasteiger partial charge is 0.154 e. The van der Waals surface area contributed by atoms with Crippen molar-refractivity contribution in [3.63, 3.8) is 0 Å². The van der Waals surface area contributed by atoms with Crippen LogP contribution in [0.4, 0.5) is 4.39 Å². The van der Waals surface area contributed by atoms with Crippen LogP contribution >= 0.6 is 0 Å². The maximum atomic E-state index is 13.3.